The van der Waals surface area contributed by atoms with Gasteiger partial charge in [-0.1, -0.05) is 32.6 Å². The third-order valence-corrected chi connectivity index (χ3v) is 3.11. The fraction of sp³-hybridized carbons (Fsp3) is 0.917. The van der Waals surface area contributed by atoms with Crippen molar-refractivity contribution in [2.45, 2.75) is 64.0 Å². The molecule has 0 amide bonds. The molecule has 1 N–H and O–H groups in total. The van der Waals surface area contributed by atoms with Gasteiger partial charge in [0, 0.05) is 6.04 Å². The molecule has 1 fully saturated rings. The highest BCUT2D eigenvalue weighted by atomic mass is 16.5. The Hall–Kier alpha value is -0.570. The van der Waals surface area contributed by atoms with Crippen molar-refractivity contribution < 1.29 is 9.53 Å². The molecule has 1 unspecified atom stereocenters. The van der Waals surface area contributed by atoms with Gasteiger partial charge in [-0.25, -0.2) is 0 Å². The maximum atomic E-state index is 11.5. The molecule has 1 aliphatic carbocycles. The number of hydrogen-bond donors (Lipinski definition) is 1. The number of methoxy groups -OCH3 is 1. The quantitative estimate of drug-likeness (QED) is 0.712. The van der Waals surface area contributed by atoms with Crippen LogP contribution in [0.3, 0.4) is 0 Å². The zero-order chi connectivity index (χ0) is 11.1. The normalized spacial score (nSPS) is 19.9. The van der Waals surface area contributed by atoms with Crippen LogP contribution in [0.15, 0.2) is 0 Å². The van der Waals surface area contributed by atoms with Crippen molar-refractivity contribution in [3.63, 3.8) is 0 Å². The summed E-state index contributed by atoms with van der Waals surface area (Å²) in [4.78, 5) is 11.5. The van der Waals surface area contributed by atoms with Gasteiger partial charge < -0.3 is 10.1 Å². The Labute approximate surface area is 92.6 Å². The number of nitrogens with one attached hydrogen (secondary N) is 1. The SMILES string of the molecule is CCCC(NC1CCCCC1)C(=O)OC. The summed E-state index contributed by atoms with van der Waals surface area (Å²) in [6, 6.07) is 0.428. The van der Waals surface area contributed by atoms with E-state index in [9.17, 15) is 4.79 Å². The molecule has 0 aromatic carbocycles. The third-order valence-electron chi connectivity index (χ3n) is 3.11. The molecule has 15 heavy (non-hydrogen) atoms. The first kappa shape index (κ1) is 12.5. The molecule has 88 valence electrons. The van der Waals surface area contributed by atoms with E-state index in [1.165, 1.54) is 39.2 Å². The second-order valence-electron chi connectivity index (χ2n) is 4.37. The summed E-state index contributed by atoms with van der Waals surface area (Å²) in [5, 5.41) is 3.43. The number of esters is 1. The van der Waals surface area contributed by atoms with Gasteiger partial charge in [-0.2, -0.15) is 0 Å². The monoisotopic (exact) mass is 213 g/mol. The molecule has 1 aliphatic rings. The first-order chi connectivity index (χ1) is 7.27. The summed E-state index contributed by atoms with van der Waals surface area (Å²) in [7, 11) is 1.47. The van der Waals surface area contributed by atoms with Crippen LogP contribution in [0.2, 0.25) is 0 Å². The van der Waals surface area contributed by atoms with Crippen LogP contribution in [0, 0.1) is 0 Å². The van der Waals surface area contributed by atoms with E-state index in [0.717, 1.165) is 12.8 Å². The van der Waals surface area contributed by atoms with Crippen LogP contribution in [0.1, 0.15) is 51.9 Å². The van der Waals surface area contributed by atoms with E-state index in [0.29, 0.717) is 6.04 Å². The van der Waals surface area contributed by atoms with Crippen LogP contribution in [0.5, 0.6) is 0 Å². The Morgan fingerprint density at radius 3 is 2.60 bits per heavy atom. The van der Waals surface area contributed by atoms with Crippen LogP contribution >= 0.6 is 0 Å². The summed E-state index contributed by atoms with van der Waals surface area (Å²) < 4.78 is 4.81. The Morgan fingerprint density at radius 1 is 1.40 bits per heavy atom. The second-order valence-corrected chi connectivity index (χ2v) is 4.37. The minimum Gasteiger partial charge on any atom is -0.468 e. The lowest BCUT2D eigenvalue weighted by molar-refractivity contribution is -0.143. The van der Waals surface area contributed by atoms with Crippen molar-refractivity contribution >= 4 is 5.97 Å². The van der Waals surface area contributed by atoms with Gasteiger partial charge in [0.15, 0.2) is 0 Å². The van der Waals surface area contributed by atoms with Gasteiger partial charge in [-0.3, -0.25) is 4.79 Å². The lowest BCUT2D eigenvalue weighted by Crippen LogP contribution is -2.44. The number of carbonyl (C=O) groups is 1. The number of carbonyl (C=O) groups excluding carboxylic acids is 1. The molecule has 3 heteroatoms. The van der Waals surface area contributed by atoms with Crippen LogP contribution in [-0.4, -0.2) is 25.2 Å². The Balaban J connectivity index is 2.38. The Kier molecular flexibility index (Phi) is 5.69. The van der Waals surface area contributed by atoms with Crippen molar-refractivity contribution in [2.75, 3.05) is 7.11 Å². The first-order valence-electron chi connectivity index (χ1n) is 6.11. The van der Waals surface area contributed by atoms with Gasteiger partial charge in [0.05, 0.1) is 7.11 Å². The van der Waals surface area contributed by atoms with Gasteiger partial charge in [0.25, 0.3) is 0 Å². The zero-order valence-corrected chi connectivity index (χ0v) is 9.92. The van der Waals surface area contributed by atoms with E-state index in [1.807, 2.05) is 0 Å². The predicted octanol–water partition coefficient (Wildman–Crippen LogP) is 2.25. The maximum Gasteiger partial charge on any atom is 0.322 e. The van der Waals surface area contributed by atoms with E-state index in [1.54, 1.807) is 0 Å². The topological polar surface area (TPSA) is 38.3 Å². The van der Waals surface area contributed by atoms with E-state index in [4.69, 9.17) is 4.74 Å². The standard InChI is InChI=1S/C12H23NO2/c1-3-7-11(12(14)15-2)13-10-8-5-4-6-9-10/h10-11,13H,3-9H2,1-2H3. The summed E-state index contributed by atoms with van der Waals surface area (Å²) in [5.41, 5.74) is 0. The average molecular weight is 213 g/mol. The van der Waals surface area contributed by atoms with Gasteiger partial charge in [0.2, 0.25) is 0 Å². The molecule has 1 saturated carbocycles. The molecule has 0 heterocycles. The number of hydrogen-bond acceptors (Lipinski definition) is 3. The number of ether oxygens (including phenoxy) is 1. The molecule has 0 spiro atoms. The first-order valence-corrected chi connectivity index (χ1v) is 6.11. The van der Waals surface area contributed by atoms with Crippen LogP contribution < -0.4 is 5.32 Å². The minimum absolute atomic E-state index is 0.0944. The van der Waals surface area contributed by atoms with Crippen molar-refractivity contribution in [2.24, 2.45) is 0 Å². The summed E-state index contributed by atoms with van der Waals surface area (Å²) in [5.74, 6) is -0.109. The highest BCUT2D eigenvalue weighted by Crippen LogP contribution is 2.18. The van der Waals surface area contributed by atoms with E-state index in [-0.39, 0.29) is 12.0 Å². The second kappa shape index (κ2) is 6.83. The molecule has 1 atom stereocenters. The van der Waals surface area contributed by atoms with Gasteiger partial charge in [-0.05, 0) is 19.3 Å². The lowest BCUT2D eigenvalue weighted by Gasteiger charge is -2.27. The van der Waals surface area contributed by atoms with Crippen LogP contribution in [-0.2, 0) is 9.53 Å². The predicted molar refractivity (Wildman–Crippen MR) is 60.7 cm³/mol. The van der Waals surface area contributed by atoms with Gasteiger partial charge in [0.1, 0.15) is 6.04 Å². The molecule has 0 aliphatic heterocycles. The van der Waals surface area contributed by atoms with Crippen LogP contribution in [0.4, 0.5) is 0 Å². The van der Waals surface area contributed by atoms with Gasteiger partial charge >= 0.3 is 5.97 Å². The molecule has 0 aromatic rings. The molecular formula is C12H23NO2. The molecule has 0 bridgehead atoms. The van der Waals surface area contributed by atoms with E-state index in [2.05, 4.69) is 12.2 Å². The summed E-state index contributed by atoms with van der Waals surface area (Å²) >= 11 is 0. The fourth-order valence-corrected chi connectivity index (χ4v) is 2.25. The van der Waals surface area contributed by atoms with Crippen LogP contribution in [0.25, 0.3) is 0 Å². The summed E-state index contributed by atoms with van der Waals surface area (Å²) in [6.45, 7) is 2.10. The van der Waals surface area contributed by atoms with Crippen molar-refractivity contribution in [3.8, 4) is 0 Å². The fourth-order valence-electron chi connectivity index (χ4n) is 2.25. The van der Waals surface area contributed by atoms with Crippen molar-refractivity contribution in [3.05, 3.63) is 0 Å². The average Bonchev–Trinajstić information content (AvgIpc) is 2.29. The molecular weight excluding hydrogens is 190 g/mol. The molecule has 3 nitrogen and oxygen atoms in total. The Bertz CT molecular complexity index is 188. The van der Waals surface area contributed by atoms with Gasteiger partial charge in [-0.15, -0.1) is 0 Å². The van der Waals surface area contributed by atoms with E-state index < -0.39 is 0 Å². The Morgan fingerprint density at radius 2 is 2.07 bits per heavy atom. The largest absolute Gasteiger partial charge is 0.468 e. The highest BCUT2D eigenvalue weighted by molar-refractivity contribution is 5.75. The molecule has 0 aromatic heterocycles. The number of rotatable bonds is 5. The maximum absolute atomic E-state index is 11.5. The minimum atomic E-state index is -0.109. The summed E-state index contributed by atoms with van der Waals surface area (Å²) in [6.07, 6.45) is 8.22. The molecule has 0 radical (unpaired) electrons. The zero-order valence-electron chi connectivity index (χ0n) is 9.92. The smallest absolute Gasteiger partial charge is 0.322 e. The molecule has 0 saturated heterocycles. The lowest BCUT2D eigenvalue weighted by atomic mass is 9.94. The van der Waals surface area contributed by atoms with E-state index >= 15 is 0 Å². The van der Waals surface area contributed by atoms with Crippen molar-refractivity contribution in [1.82, 2.24) is 5.32 Å². The molecule has 1 rings (SSSR count). The highest BCUT2D eigenvalue weighted by Gasteiger charge is 2.22. The third kappa shape index (κ3) is 4.20. The van der Waals surface area contributed by atoms with Crippen molar-refractivity contribution in [1.29, 1.82) is 0 Å².